The Morgan fingerprint density at radius 3 is 2.67 bits per heavy atom. The highest BCUT2D eigenvalue weighted by Crippen LogP contribution is 2.40. The molecule has 3 aromatic rings. The van der Waals surface area contributed by atoms with Crippen LogP contribution in [-0.4, -0.2) is 27.3 Å². The summed E-state index contributed by atoms with van der Waals surface area (Å²) in [4.78, 5) is 20.7. The topological polar surface area (TPSA) is 96.5 Å². The summed E-state index contributed by atoms with van der Waals surface area (Å²) in [5, 5.41) is 12.1. The molecule has 0 saturated heterocycles. The number of aliphatic hydroxyl groups excluding tert-OH is 1. The molecule has 1 aliphatic carbocycles. The molecule has 2 aliphatic rings. The molecule has 1 aliphatic heterocycles. The van der Waals surface area contributed by atoms with E-state index in [0.717, 1.165) is 28.6 Å². The second kappa shape index (κ2) is 9.77. The summed E-state index contributed by atoms with van der Waals surface area (Å²) in [6, 6.07) is 15.4. The lowest BCUT2D eigenvalue weighted by molar-refractivity contribution is -0.156. The highest BCUT2D eigenvalue weighted by molar-refractivity contribution is 5.91. The van der Waals surface area contributed by atoms with E-state index in [2.05, 4.69) is 15.3 Å². The van der Waals surface area contributed by atoms with E-state index in [-0.39, 0.29) is 18.4 Å². The van der Waals surface area contributed by atoms with Gasteiger partial charge in [-0.1, -0.05) is 42.8 Å². The number of aliphatic hydroxyl groups is 1. The van der Waals surface area contributed by atoms with Crippen molar-refractivity contribution >= 4 is 16.9 Å². The maximum atomic E-state index is 12.9. The molecule has 0 radical (unpaired) electrons. The second-order valence-electron chi connectivity index (χ2n) is 8.84. The summed E-state index contributed by atoms with van der Waals surface area (Å²) in [5.41, 5.74) is 3.69. The van der Waals surface area contributed by atoms with Crippen LogP contribution in [0.15, 0.2) is 60.4 Å². The first-order valence-electron chi connectivity index (χ1n) is 11.6. The molecule has 1 aromatic heterocycles. The van der Waals surface area contributed by atoms with Crippen LogP contribution in [0.2, 0.25) is 0 Å². The van der Waals surface area contributed by atoms with E-state index in [1.807, 2.05) is 54.6 Å². The number of fused-ring (bicyclic) bond motifs is 1. The number of rotatable bonds is 8. The number of para-hydroxylation sites is 2. The van der Waals surface area contributed by atoms with E-state index in [1.54, 1.807) is 0 Å². The molecule has 1 saturated carbocycles. The number of H-pyrrole nitrogens is 1. The molecule has 7 heteroatoms. The van der Waals surface area contributed by atoms with E-state index in [9.17, 15) is 9.90 Å². The van der Waals surface area contributed by atoms with Crippen molar-refractivity contribution in [3.8, 4) is 0 Å². The van der Waals surface area contributed by atoms with Crippen LogP contribution in [0.4, 0.5) is 0 Å². The maximum absolute atomic E-state index is 12.9. The van der Waals surface area contributed by atoms with Crippen LogP contribution in [0, 0.1) is 11.8 Å². The van der Waals surface area contributed by atoms with Crippen molar-refractivity contribution in [2.24, 2.45) is 11.8 Å². The van der Waals surface area contributed by atoms with Crippen molar-refractivity contribution in [1.29, 1.82) is 0 Å². The number of allylic oxidation sites excluding steroid dienone is 1. The summed E-state index contributed by atoms with van der Waals surface area (Å²) in [7, 11) is 0. The number of aromatic nitrogens is 2. The minimum Gasteiger partial charge on any atom is -0.459 e. The van der Waals surface area contributed by atoms with Crippen LogP contribution in [0.25, 0.3) is 11.0 Å². The summed E-state index contributed by atoms with van der Waals surface area (Å²) in [5.74, 6) is 1.65. The summed E-state index contributed by atoms with van der Waals surface area (Å²) in [6.45, 7) is 0.708. The lowest BCUT2D eigenvalue weighted by Gasteiger charge is -2.37. The molecule has 1 amide bonds. The number of amides is 1. The van der Waals surface area contributed by atoms with Crippen molar-refractivity contribution in [2.75, 3.05) is 0 Å². The Kier molecular flexibility index (Phi) is 6.41. The Labute approximate surface area is 192 Å². The van der Waals surface area contributed by atoms with E-state index in [1.165, 1.54) is 19.3 Å². The molecular formula is C26H29N3O4. The van der Waals surface area contributed by atoms with Crippen LogP contribution in [0.3, 0.4) is 0 Å². The van der Waals surface area contributed by atoms with Gasteiger partial charge in [-0.05, 0) is 54.0 Å². The maximum Gasteiger partial charge on any atom is 0.286 e. The molecular weight excluding hydrogens is 418 g/mol. The lowest BCUT2D eigenvalue weighted by Crippen LogP contribution is -2.36. The number of hydrogen-bond donors (Lipinski definition) is 3. The predicted octanol–water partition coefficient (Wildman–Crippen LogP) is 3.93. The lowest BCUT2D eigenvalue weighted by atomic mass is 9.73. The van der Waals surface area contributed by atoms with Gasteiger partial charge in [0.2, 0.25) is 6.29 Å². The molecule has 2 aromatic carbocycles. The zero-order chi connectivity index (χ0) is 22.6. The number of benzene rings is 2. The van der Waals surface area contributed by atoms with Gasteiger partial charge in [-0.3, -0.25) is 4.79 Å². The van der Waals surface area contributed by atoms with E-state index < -0.39 is 6.29 Å². The van der Waals surface area contributed by atoms with Gasteiger partial charge in [0.1, 0.15) is 5.82 Å². The highest BCUT2D eigenvalue weighted by Gasteiger charge is 2.34. The van der Waals surface area contributed by atoms with Crippen molar-refractivity contribution < 1.29 is 19.4 Å². The molecule has 0 unspecified atom stereocenters. The number of imidazole rings is 1. The highest BCUT2D eigenvalue weighted by atomic mass is 16.7. The Hall–Kier alpha value is -3.16. The van der Waals surface area contributed by atoms with Crippen molar-refractivity contribution in [3.63, 3.8) is 0 Å². The van der Waals surface area contributed by atoms with Gasteiger partial charge in [0, 0.05) is 6.42 Å². The average Bonchev–Trinajstić information content (AvgIpc) is 3.23. The third-order valence-electron chi connectivity index (χ3n) is 6.56. The number of aromatic amines is 1. The minimum atomic E-state index is -0.468. The molecule has 0 spiro atoms. The first-order valence-corrected chi connectivity index (χ1v) is 11.6. The van der Waals surface area contributed by atoms with Gasteiger partial charge in [0.05, 0.1) is 30.8 Å². The number of ether oxygens (including phenoxy) is 2. The van der Waals surface area contributed by atoms with E-state index in [4.69, 9.17) is 9.47 Å². The van der Waals surface area contributed by atoms with Crippen molar-refractivity contribution in [3.05, 3.63) is 77.3 Å². The van der Waals surface area contributed by atoms with Gasteiger partial charge in [0.25, 0.3) is 5.91 Å². The van der Waals surface area contributed by atoms with Crippen LogP contribution in [-0.2, 0) is 34.0 Å². The molecule has 5 rings (SSSR count). The fourth-order valence-corrected chi connectivity index (χ4v) is 4.41. The summed E-state index contributed by atoms with van der Waals surface area (Å²) < 4.78 is 12.0. The SMILES string of the molecule is O=C(NCc1nc2ccccc2[nH]1)C1=C[C@H](C2CCC2)C[C@H](OCc2ccc(CO)cc2)O1. The number of carbonyl (C=O) groups is 1. The Morgan fingerprint density at radius 2 is 1.94 bits per heavy atom. The molecule has 1 fully saturated rings. The Balaban J connectivity index is 1.22. The Bertz CT molecular complexity index is 1100. The summed E-state index contributed by atoms with van der Waals surface area (Å²) >= 11 is 0. The third kappa shape index (κ3) is 5.10. The van der Waals surface area contributed by atoms with Crippen molar-refractivity contribution in [2.45, 2.75) is 51.7 Å². The van der Waals surface area contributed by atoms with Crippen LogP contribution >= 0.6 is 0 Å². The number of nitrogens with one attached hydrogen (secondary N) is 2. The molecule has 7 nitrogen and oxygen atoms in total. The molecule has 0 bridgehead atoms. The van der Waals surface area contributed by atoms with E-state index in [0.29, 0.717) is 30.7 Å². The minimum absolute atomic E-state index is 0.0211. The normalized spacial score (nSPS) is 20.7. The third-order valence-corrected chi connectivity index (χ3v) is 6.56. The van der Waals surface area contributed by atoms with Crippen LogP contribution < -0.4 is 5.32 Å². The zero-order valence-corrected chi connectivity index (χ0v) is 18.5. The van der Waals surface area contributed by atoms with Gasteiger partial charge in [-0.25, -0.2) is 4.98 Å². The quantitative estimate of drug-likeness (QED) is 0.486. The number of nitrogens with zero attached hydrogens (tertiary/aromatic N) is 1. The average molecular weight is 448 g/mol. The fraction of sp³-hybridized carbons (Fsp3) is 0.385. The first-order chi connectivity index (χ1) is 16.2. The van der Waals surface area contributed by atoms with Gasteiger partial charge in [-0.15, -0.1) is 0 Å². The van der Waals surface area contributed by atoms with Gasteiger partial charge >= 0.3 is 0 Å². The summed E-state index contributed by atoms with van der Waals surface area (Å²) in [6.07, 6.45) is 5.87. The first kappa shape index (κ1) is 21.7. The Morgan fingerprint density at radius 1 is 1.15 bits per heavy atom. The predicted molar refractivity (Wildman–Crippen MR) is 123 cm³/mol. The van der Waals surface area contributed by atoms with Crippen LogP contribution in [0.1, 0.15) is 42.6 Å². The second-order valence-corrected chi connectivity index (χ2v) is 8.84. The monoisotopic (exact) mass is 447 g/mol. The smallest absolute Gasteiger partial charge is 0.286 e. The van der Waals surface area contributed by atoms with Gasteiger partial charge < -0.3 is 24.9 Å². The molecule has 172 valence electrons. The van der Waals surface area contributed by atoms with Crippen molar-refractivity contribution in [1.82, 2.24) is 15.3 Å². The standard InChI is InChI=1S/C26H29N3O4/c30-15-17-8-10-18(11-9-17)16-32-25-13-20(19-4-3-5-19)12-23(33-25)26(31)27-14-24-28-21-6-1-2-7-22(21)29-24/h1-2,6-12,19-20,25,30H,3-5,13-16H2,(H,27,31)(H,28,29)/t20-,25+/m0/s1. The van der Waals surface area contributed by atoms with Crippen LogP contribution in [0.5, 0.6) is 0 Å². The molecule has 2 atom stereocenters. The zero-order valence-electron chi connectivity index (χ0n) is 18.5. The molecule has 3 N–H and O–H groups in total. The molecule has 2 heterocycles. The molecule has 33 heavy (non-hydrogen) atoms. The number of carbonyl (C=O) groups excluding carboxylic acids is 1. The fourth-order valence-electron chi connectivity index (χ4n) is 4.41. The number of hydrogen-bond acceptors (Lipinski definition) is 5. The largest absolute Gasteiger partial charge is 0.459 e. The van der Waals surface area contributed by atoms with Gasteiger partial charge in [0.15, 0.2) is 5.76 Å². The van der Waals surface area contributed by atoms with Gasteiger partial charge in [-0.2, -0.15) is 0 Å². The van der Waals surface area contributed by atoms with E-state index >= 15 is 0 Å².